The molecule has 0 aromatic rings. The Labute approximate surface area is 72.4 Å². The Morgan fingerprint density at radius 3 is 1.71 bits per heavy atom. The van der Waals surface area contributed by atoms with Crippen LogP contribution < -0.4 is 4.99 Å². The van der Waals surface area contributed by atoms with E-state index in [-0.39, 0.29) is 0 Å². The van der Waals surface area contributed by atoms with Crippen LogP contribution >= 0.6 is 0 Å². The largest absolute Gasteiger partial charge is 0.482 e. The van der Waals surface area contributed by atoms with Crippen LogP contribution in [-0.4, -0.2) is 30.3 Å². The number of cyclic esters (lactones) is 1. The first-order chi connectivity index (χ1) is 6.10. The van der Waals surface area contributed by atoms with Crippen LogP contribution in [0.2, 0.25) is 0 Å². The average molecular weight is 221 g/mol. The molecule has 0 atom stereocenters. The van der Waals surface area contributed by atoms with Gasteiger partial charge in [0.1, 0.15) is 0 Å². The van der Waals surface area contributed by atoms with Crippen LogP contribution in [-0.2, 0) is 4.74 Å². The molecule has 0 aromatic carbocycles. The first kappa shape index (κ1) is 10.8. The summed E-state index contributed by atoms with van der Waals surface area (Å²) in [5.41, 5.74) is -4.67. The number of halogens is 6. The van der Waals surface area contributed by atoms with Crippen molar-refractivity contribution in [2.24, 2.45) is 0 Å². The molecule has 3 nitrogen and oxygen atoms in total. The van der Waals surface area contributed by atoms with Crippen LogP contribution in [0.5, 0.6) is 0 Å². The van der Waals surface area contributed by atoms with Gasteiger partial charge in [0.25, 0.3) is 5.60 Å². The van der Waals surface area contributed by atoms with E-state index in [1.165, 1.54) is 0 Å². The maximum absolute atomic E-state index is 12.0. The van der Waals surface area contributed by atoms with Crippen molar-refractivity contribution in [3.05, 3.63) is 0 Å². The Bertz CT molecular complexity index is 276. The predicted molar refractivity (Wildman–Crippen MR) is 27.3 cm³/mol. The summed E-state index contributed by atoms with van der Waals surface area (Å²) in [6.07, 6.45) is -12.7. The van der Waals surface area contributed by atoms with E-state index in [1.54, 1.807) is 0 Å². The summed E-state index contributed by atoms with van der Waals surface area (Å²) in [5, 5.41) is 0. The minimum atomic E-state index is -5.80. The van der Waals surface area contributed by atoms with Gasteiger partial charge in [-0.3, -0.25) is 4.79 Å². The molecule has 0 aliphatic carbocycles. The highest BCUT2D eigenvalue weighted by Crippen LogP contribution is 2.44. The van der Waals surface area contributed by atoms with Crippen LogP contribution in [0.1, 0.15) is 0 Å². The third-order valence-corrected chi connectivity index (χ3v) is 1.38. The smallest absolute Gasteiger partial charge is 0.433 e. The van der Waals surface area contributed by atoms with Crippen LogP contribution in [0.15, 0.2) is 0 Å². The molecule has 1 N–H and O–H groups in total. The minimum absolute atomic E-state index is 0.728. The molecule has 14 heavy (non-hydrogen) atoms. The fourth-order valence-corrected chi connectivity index (χ4v) is 0.747. The van der Waals surface area contributed by atoms with Crippen molar-refractivity contribution in [1.82, 2.24) is 0 Å². The molecule has 0 unspecified atom stereocenters. The van der Waals surface area contributed by atoms with Crippen molar-refractivity contribution in [3.8, 4) is 0 Å². The van der Waals surface area contributed by atoms with Crippen molar-refractivity contribution >= 4 is 12.3 Å². The quantitative estimate of drug-likeness (QED) is 0.463. The molecule has 1 aliphatic heterocycles. The molecule has 9 heteroatoms. The van der Waals surface area contributed by atoms with Gasteiger partial charge in [0.15, 0.2) is 0 Å². The molecule has 80 valence electrons. The first-order valence-electron chi connectivity index (χ1n) is 3.00. The molecule has 0 saturated heterocycles. The molecule has 1 rings (SSSR count). The molecule has 0 radical (unpaired) electrons. The van der Waals surface area contributed by atoms with Gasteiger partial charge in [-0.15, -0.1) is 0 Å². The molecular weight excluding hydrogens is 220 g/mol. The lowest BCUT2D eigenvalue weighted by Gasteiger charge is -2.31. The Balaban J connectivity index is 3.20. The van der Waals surface area contributed by atoms with E-state index in [9.17, 15) is 31.1 Å². The second kappa shape index (κ2) is 2.61. The molecule has 1 aliphatic rings. The van der Waals surface area contributed by atoms with E-state index in [1.807, 2.05) is 0 Å². The second-order valence-corrected chi connectivity index (χ2v) is 2.32. The van der Waals surface area contributed by atoms with Gasteiger partial charge in [0, 0.05) is 0 Å². The van der Waals surface area contributed by atoms with Gasteiger partial charge in [0.05, 0.1) is 6.21 Å². The summed E-state index contributed by atoms with van der Waals surface area (Å²) in [5.74, 6) is 0. The summed E-state index contributed by atoms with van der Waals surface area (Å²) >= 11 is 0. The van der Waals surface area contributed by atoms with Crippen LogP contribution in [0.4, 0.5) is 31.1 Å². The number of rotatable bonds is 0. The summed E-state index contributed by atoms with van der Waals surface area (Å²) in [7, 11) is 0. The van der Waals surface area contributed by atoms with Crippen LogP contribution in [0.3, 0.4) is 0 Å². The molecule has 0 aromatic heterocycles. The maximum atomic E-state index is 12.0. The van der Waals surface area contributed by atoms with Crippen molar-refractivity contribution in [2.75, 3.05) is 0 Å². The van der Waals surface area contributed by atoms with Crippen molar-refractivity contribution < 1.29 is 40.9 Å². The Morgan fingerprint density at radius 2 is 1.57 bits per heavy atom. The summed E-state index contributed by atoms with van der Waals surface area (Å²) in [6.45, 7) is 0. The number of carbonyl (C=O) groups excluding carboxylic acids is 1. The van der Waals surface area contributed by atoms with Gasteiger partial charge in [-0.1, -0.05) is 0 Å². The molecule has 1 amide bonds. The number of ether oxygens (including phenoxy) is 1. The Morgan fingerprint density at radius 1 is 1.14 bits per heavy atom. The van der Waals surface area contributed by atoms with Crippen molar-refractivity contribution in [3.63, 3.8) is 0 Å². The summed E-state index contributed by atoms with van der Waals surface area (Å²) in [6, 6.07) is 0. The highest BCUT2D eigenvalue weighted by Gasteiger charge is 2.73. The molecular formula is C5HF6NO2. The number of carbonyl (C=O) groups is 1. The van der Waals surface area contributed by atoms with E-state index in [0.29, 0.717) is 0 Å². The number of amides is 1. The van der Waals surface area contributed by atoms with Gasteiger partial charge >= 0.3 is 18.4 Å². The zero-order chi connectivity index (χ0) is 11.2. The predicted octanol–water partition coefficient (Wildman–Crippen LogP) is 0.0284. The standard InChI is InChI=1S/C5HF6NO2/c6-4(7,8)3(5(9,10)11)1-12-2(13)14-3/h12H. The normalized spacial score (nSPS) is 21.1. The number of nitrogens with one attached hydrogen (secondary N) is 1. The summed E-state index contributed by atoms with van der Waals surface area (Å²) < 4.78 is 75.1. The van der Waals surface area contributed by atoms with Gasteiger partial charge < -0.3 is 9.73 Å². The molecule has 0 fully saturated rings. The number of alkyl halides is 6. The zero-order valence-electron chi connectivity index (χ0n) is 6.08. The van der Waals surface area contributed by atoms with Gasteiger partial charge in [-0.2, -0.15) is 26.3 Å². The molecule has 0 spiro atoms. The third-order valence-electron chi connectivity index (χ3n) is 1.38. The van der Waals surface area contributed by atoms with E-state index in [0.717, 1.165) is 11.2 Å². The van der Waals surface area contributed by atoms with E-state index in [4.69, 9.17) is 0 Å². The van der Waals surface area contributed by atoms with E-state index >= 15 is 0 Å². The number of hydrogen-bond acceptors (Lipinski definition) is 2. The topological polar surface area (TPSA) is 40.3 Å². The van der Waals surface area contributed by atoms with E-state index < -0.39 is 24.0 Å². The van der Waals surface area contributed by atoms with Crippen LogP contribution in [0.25, 0.3) is 0 Å². The maximum Gasteiger partial charge on any atom is 0.433 e. The average Bonchev–Trinajstić information content (AvgIpc) is 2.28. The second-order valence-electron chi connectivity index (χ2n) is 2.32. The highest BCUT2D eigenvalue weighted by molar-refractivity contribution is 5.79. The van der Waals surface area contributed by atoms with Gasteiger partial charge in [0.2, 0.25) is 0 Å². The fraction of sp³-hybridized carbons (Fsp3) is 0.600. The monoisotopic (exact) mass is 221 g/mol. The molecule has 0 bridgehead atoms. The van der Waals surface area contributed by atoms with Crippen molar-refractivity contribution in [1.29, 1.82) is 0 Å². The molecule has 0 saturated carbocycles. The lowest BCUT2D eigenvalue weighted by molar-refractivity contribution is -0.355. The lowest BCUT2D eigenvalue weighted by Crippen LogP contribution is -2.71. The fourth-order valence-electron chi connectivity index (χ4n) is 0.747. The zero-order valence-corrected chi connectivity index (χ0v) is 6.08. The minimum Gasteiger partial charge on any atom is -0.482 e. The van der Waals surface area contributed by atoms with Gasteiger partial charge in [-0.05, 0) is 0 Å². The Hall–Kier alpha value is -1.28. The lowest BCUT2D eigenvalue weighted by atomic mass is 10.1. The first-order valence-corrected chi connectivity index (χ1v) is 3.00. The highest BCUT2D eigenvalue weighted by atomic mass is 19.4. The Kier molecular flexibility index (Phi) is 2.01. The SMILES string of the molecule is O=C1[NH+]=[C-]C(C(F)(F)F)(C(F)(F)F)O1. The van der Waals surface area contributed by atoms with Gasteiger partial charge in [-0.25, -0.2) is 0 Å². The van der Waals surface area contributed by atoms with Crippen LogP contribution in [0, 0.1) is 0 Å². The summed E-state index contributed by atoms with van der Waals surface area (Å²) in [4.78, 5) is 11.2. The number of hydrogen-bond donors (Lipinski definition) is 1. The van der Waals surface area contributed by atoms with Crippen molar-refractivity contribution in [2.45, 2.75) is 18.0 Å². The third kappa shape index (κ3) is 1.32. The molecule has 1 heterocycles. The van der Waals surface area contributed by atoms with E-state index in [2.05, 4.69) is 4.74 Å².